The molecule has 0 unspecified atom stereocenters. The quantitative estimate of drug-likeness (QED) is 0.786. The lowest BCUT2D eigenvalue weighted by atomic mass is 9.43. The van der Waals surface area contributed by atoms with Gasteiger partial charge >= 0.3 is 5.97 Å². The molecule has 1 N–H and O–H groups in total. The van der Waals surface area contributed by atoms with Crippen LogP contribution in [0.3, 0.4) is 0 Å². The molecule has 0 heterocycles. The molecule has 6 rings (SSSR count). The van der Waals surface area contributed by atoms with E-state index in [0.29, 0.717) is 17.9 Å². The van der Waals surface area contributed by atoms with Crippen molar-refractivity contribution in [2.24, 2.45) is 17.3 Å². The van der Waals surface area contributed by atoms with E-state index >= 15 is 0 Å². The summed E-state index contributed by atoms with van der Waals surface area (Å²) in [6, 6.07) is 7.18. The Morgan fingerprint density at radius 1 is 1.07 bits per heavy atom. The van der Waals surface area contributed by atoms with Gasteiger partial charge in [0.1, 0.15) is 0 Å². The Morgan fingerprint density at radius 3 is 2.43 bits per heavy atom. The van der Waals surface area contributed by atoms with Gasteiger partial charge in [0.15, 0.2) is 6.61 Å². The van der Waals surface area contributed by atoms with E-state index in [1.807, 2.05) is 0 Å². The standard InChI is InChI=1S/C24H31NO3/c1-15-3-4-19(7-16(15)2)23-9-17-8-18(10-23)12-24(11-17,14-23)22(27)28-13-21(26)25-20-5-6-20/h3-4,7,17-18,20H,5-6,8-14H2,1-2H3,(H,25,26)/t17-,18-,23?,24?/m1/s1. The summed E-state index contributed by atoms with van der Waals surface area (Å²) >= 11 is 0. The maximum absolute atomic E-state index is 13.2. The van der Waals surface area contributed by atoms with Crippen molar-refractivity contribution in [2.45, 2.75) is 76.7 Å². The minimum absolute atomic E-state index is 0.109. The average molecular weight is 382 g/mol. The molecule has 28 heavy (non-hydrogen) atoms. The van der Waals surface area contributed by atoms with Gasteiger partial charge in [-0.05, 0) is 99.2 Å². The van der Waals surface area contributed by atoms with Crippen LogP contribution in [0, 0.1) is 31.1 Å². The Balaban J connectivity index is 1.37. The van der Waals surface area contributed by atoms with E-state index in [1.165, 1.54) is 36.0 Å². The Morgan fingerprint density at radius 2 is 1.79 bits per heavy atom. The molecule has 150 valence electrons. The zero-order valence-electron chi connectivity index (χ0n) is 17.1. The van der Waals surface area contributed by atoms with Gasteiger partial charge < -0.3 is 10.1 Å². The molecule has 5 aliphatic carbocycles. The number of amides is 1. The number of aryl methyl sites for hydroxylation is 2. The monoisotopic (exact) mass is 381 g/mol. The van der Waals surface area contributed by atoms with Crippen molar-refractivity contribution in [2.75, 3.05) is 6.61 Å². The Kier molecular flexibility index (Phi) is 4.12. The van der Waals surface area contributed by atoms with E-state index in [0.717, 1.165) is 32.1 Å². The van der Waals surface area contributed by atoms with E-state index in [1.54, 1.807) is 0 Å². The molecule has 1 amide bonds. The van der Waals surface area contributed by atoms with E-state index in [9.17, 15) is 9.59 Å². The minimum Gasteiger partial charge on any atom is -0.455 e. The van der Waals surface area contributed by atoms with E-state index in [2.05, 4.69) is 37.4 Å². The van der Waals surface area contributed by atoms with Crippen LogP contribution in [0.4, 0.5) is 0 Å². The minimum atomic E-state index is -0.386. The van der Waals surface area contributed by atoms with Crippen molar-refractivity contribution in [3.05, 3.63) is 34.9 Å². The molecular formula is C24H31NO3. The van der Waals surface area contributed by atoms with E-state index in [4.69, 9.17) is 4.74 Å². The summed E-state index contributed by atoms with van der Waals surface area (Å²) in [6.07, 6.45) is 8.52. The Hall–Kier alpha value is -1.84. The fraction of sp³-hybridized carbons (Fsp3) is 0.667. The lowest BCUT2D eigenvalue weighted by Gasteiger charge is -2.61. The topological polar surface area (TPSA) is 55.4 Å². The van der Waals surface area contributed by atoms with Crippen LogP contribution in [0.2, 0.25) is 0 Å². The highest BCUT2D eigenvalue weighted by atomic mass is 16.5. The summed E-state index contributed by atoms with van der Waals surface area (Å²) in [7, 11) is 0. The van der Waals surface area contributed by atoms with Gasteiger partial charge in [-0.1, -0.05) is 18.2 Å². The molecule has 4 nitrogen and oxygen atoms in total. The third kappa shape index (κ3) is 3.05. The third-order valence-corrected chi connectivity index (χ3v) is 7.89. The van der Waals surface area contributed by atoms with Crippen LogP contribution in [0.25, 0.3) is 0 Å². The second kappa shape index (κ2) is 6.33. The SMILES string of the molecule is Cc1ccc(C23C[C@H]4C[C@@H](CC(C(=O)OCC(=O)NC5CC5)(C4)C2)C3)cc1C. The van der Waals surface area contributed by atoms with Gasteiger partial charge in [0.05, 0.1) is 5.41 Å². The predicted molar refractivity (Wildman–Crippen MR) is 107 cm³/mol. The van der Waals surface area contributed by atoms with Crippen molar-refractivity contribution in [3.63, 3.8) is 0 Å². The van der Waals surface area contributed by atoms with Crippen LogP contribution < -0.4 is 5.32 Å². The molecule has 0 saturated heterocycles. The van der Waals surface area contributed by atoms with Crippen molar-refractivity contribution in [1.82, 2.24) is 5.32 Å². The van der Waals surface area contributed by atoms with Crippen LogP contribution in [0.15, 0.2) is 18.2 Å². The predicted octanol–water partition coefficient (Wildman–Crippen LogP) is 3.96. The largest absolute Gasteiger partial charge is 0.455 e. The fourth-order valence-electron chi connectivity index (χ4n) is 6.69. The Labute approximate surface area is 167 Å². The molecule has 0 aliphatic heterocycles. The fourth-order valence-corrected chi connectivity index (χ4v) is 6.69. The van der Waals surface area contributed by atoms with E-state index < -0.39 is 0 Å². The average Bonchev–Trinajstić information content (AvgIpc) is 3.44. The molecule has 0 radical (unpaired) electrons. The number of hydrogen-bond donors (Lipinski definition) is 1. The first-order valence-electron chi connectivity index (χ1n) is 10.9. The normalized spacial score (nSPS) is 35.6. The van der Waals surface area contributed by atoms with Crippen LogP contribution in [0.5, 0.6) is 0 Å². The molecule has 2 atom stereocenters. The molecule has 5 fully saturated rings. The highest BCUT2D eigenvalue weighted by molar-refractivity contribution is 5.83. The number of rotatable bonds is 5. The van der Waals surface area contributed by atoms with Crippen molar-refractivity contribution < 1.29 is 14.3 Å². The highest BCUT2D eigenvalue weighted by Gasteiger charge is 2.61. The third-order valence-electron chi connectivity index (χ3n) is 7.89. The summed E-state index contributed by atoms with van der Waals surface area (Å²) in [4.78, 5) is 25.2. The van der Waals surface area contributed by atoms with Crippen molar-refractivity contribution in [1.29, 1.82) is 0 Å². The van der Waals surface area contributed by atoms with Gasteiger partial charge in [0, 0.05) is 6.04 Å². The molecular weight excluding hydrogens is 350 g/mol. The number of benzene rings is 1. The molecule has 1 aromatic rings. The lowest BCUT2D eigenvalue weighted by molar-refractivity contribution is -0.175. The lowest BCUT2D eigenvalue weighted by Crippen LogP contribution is -2.57. The van der Waals surface area contributed by atoms with Gasteiger partial charge in [0.2, 0.25) is 0 Å². The summed E-state index contributed by atoms with van der Waals surface area (Å²) in [5.41, 5.74) is 3.79. The molecule has 5 saturated carbocycles. The summed E-state index contributed by atoms with van der Waals surface area (Å²) in [5.74, 6) is 0.941. The molecule has 1 aromatic carbocycles. The number of nitrogens with one attached hydrogen (secondary N) is 1. The molecule has 5 aliphatic rings. The number of esters is 1. The number of carbonyl (C=O) groups excluding carboxylic acids is 2. The molecule has 0 spiro atoms. The van der Waals surface area contributed by atoms with Crippen LogP contribution >= 0.6 is 0 Å². The van der Waals surface area contributed by atoms with Crippen LogP contribution in [-0.4, -0.2) is 24.5 Å². The number of ether oxygens (including phenoxy) is 1. The van der Waals surface area contributed by atoms with Crippen LogP contribution in [0.1, 0.15) is 68.1 Å². The van der Waals surface area contributed by atoms with E-state index in [-0.39, 0.29) is 29.3 Å². The zero-order valence-corrected chi connectivity index (χ0v) is 17.1. The number of hydrogen-bond acceptors (Lipinski definition) is 3. The zero-order chi connectivity index (χ0) is 19.5. The van der Waals surface area contributed by atoms with Gasteiger partial charge in [-0.25, -0.2) is 0 Å². The first-order chi connectivity index (χ1) is 13.4. The van der Waals surface area contributed by atoms with Gasteiger partial charge in [-0.2, -0.15) is 0 Å². The second-order valence-electron chi connectivity index (χ2n) is 10.2. The van der Waals surface area contributed by atoms with Crippen molar-refractivity contribution in [3.8, 4) is 0 Å². The van der Waals surface area contributed by atoms with Crippen LogP contribution in [-0.2, 0) is 19.7 Å². The first-order valence-corrected chi connectivity index (χ1v) is 10.9. The second-order valence-corrected chi connectivity index (χ2v) is 10.2. The Bertz CT molecular complexity index is 811. The highest BCUT2D eigenvalue weighted by Crippen LogP contribution is 2.66. The first kappa shape index (κ1) is 18.2. The molecule has 0 aromatic heterocycles. The summed E-state index contributed by atoms with van der Waals surface area (Å²) in [5, 5.41) is 2.91. The maximum Gasteiger partial charge on any atom is 0.312 e. The van der Waals surface area contributed by atoms with Gasteiger partial charge in [-0.15, -0.1) is 0 Å². The molecule has 4 bridgehead atoms. The van der Waals surface area contributed by atoms with Gasteiger partial charge in [-0.3, -0.25) is 9.59 Å². The van der Waals surface area contributed by atoms with Crippen molar-refractivity contribution >= 4 is 11.9 Å². The molecule has 4 heteroatoms. The smallest absolute Gasteiger partial charge is 0.312 e. The summed E-state index contributed by atoms with van der Waals surface area (Å²) in [6.45, 7) is 4.22. The summed E-state index contributed by atoms with van der Waals surface area (Å²) < 4.78 is 5.59. The van der Waals surface area contributed by atoms with Gasteiger partial charge in [0.25, 0.3) is 5.91 Å². The number of carbonyl (C=O) groups is 2. The maximum atomic E-state index is 13.2.